The van der Waals surface area contributed by atoms with Gasteiger partial charge in [0.25, 0.3) is 0 Å². The molecule has 2 aromatic carbocycles. The van der Waals surface area contributed by atoms with E-state index in [1.807, 2.05) is 53.2 Å². The molecular weight excluding hydrogens is 448 g/mol. The standard InChI is InChI=1S/C23H15ClN4OS2/c1-15(29)28(20-5-3-2-4-6-20)23-26-19(13-31-23)11-17(12-25)22-27-21(14-30-22)16-7-9-18(24)10-8-16/h2-11,13-14H,1H3/b17-11+. The van der Waals surface area contributed by atoms with Crippen molar-refractivity contribution in [3.05, 3.63) is 81.1 Å². The Labute approximate surface area is 192 Å². The first-order valence-corrected chi connectivity index (χ1v) is 11.3. The minimum Gasteiger partial charge on any atom is -0.274 e. The Morgan fingerprint density at radius 2 is 1.81 bits per heavy atom. The maximum Gasteiger partial charge on any atom is 0.230 e. The summed E-state index contributed by atoms with van der Waals surface area (Å²) in [6.45, 7) is 1.50. The van der Waals surface area contributed by atoms with Crippen molar-refractivity contribution < 1.29 is 4.79 Å². The van der Waals surface area contributed by atoms with E-state index in [0.717, 1.165) is 16.9 Å². The second-order valence-corrected chi connectivity index (χ2v) is 8.59. The lowest BCUT2D eigenvalue weighted by molar-refractivity contribution is -0.115. The van der Waals surface area contributed by atoms with Crippen molar-refractivity contribution in [1.82, 2.24) is 9.97 Å². The van der Waals surface area contributed by atoms with E-state index in [9.17, 15) is 10.1 Å². The van der Waals surface area contributed by atoms with E-state index in [0.29, 0.717) is 26.4 Å². The van der Waals surface area contributed by atoms with Gasteiger partial charge < -0.3 is 0 Å². The topological polar surface area (TPSA) is 69.9 Å². The van der Waals surface area contributed by atoms with Crippen molar-refractivity contribution in [2.75, 3.05) is 4.90 Å². The van der Waals surface area contributed by atoms with Gasteiger partial charge in [0, 0.05) is 28.3 Å². The molecule has 2 aromatic heterocycles. The Morgan fingerprint density at radius 1 is 1.06 bits per heavy atom. The van der Waals surface area contributed by atoms with Crippen molar-refractivity contribution in [3.63, 3.8) is 0 Å². The molecule has 0 atom stereocenters. The lowest BCUT2D eigenvalue weighted by atomic mass is 10.2. The van der Waals surface area contributed by atoms with Gasteiger partial charge in [-0.1, -0.05) is 41.9 Å². The lowest BCUT2D eigenvalue weighted by Crippen LogP contribution is -2.22. The van der Waals surface area contributed by atoms with E-state index in [1.54, 1.807) is 23.1 Å². The third-order valence-electron chi connectivity index (χ3n) is 4.32. The number of amides is 1. The molecule has 0 aliphatic rings. The second kappa shape index (κ2) is 9.23. The summed E-state index contributed by atoms with van der Waals surface area (Å²) in [6.07, 6.45) is 1.69. The summed E-state index contributed by atoms with van der Waals surface area (Å²) in [6, 6.07) is 18.9. The number of hydrogen-bond acceptors (Lipinski definition) is 6. The van der Waals surface area contributed by atoms with E-state index in [-0.39, 0.29) is 5.91 Å². The number of carbonyl (C=O) groups is 1. The molecule has 0 saturated carbocycles. The molecule has 0 aliphatic heterocycles. The number of benzene rings is 2. The number of nitriles is 1. The molecule has 0 spiro atoms. The van der Waals surface area contributed by atoms with E-state index in [1.165, 1.54) is 29.6 Å². The van der Waals surface area contributed by atoms with Crippen molar-refractivity contribution in [2.24, 2.45) is 0 Å². The summed E-state index contributed by atoms with van der Waals surface area (Å²) >= 11 is 8.68. The number of hydrogen-bond donors (Lipinski definition) is 0. The summed E-state index contributed by atoms with van der Waals surface area (Å²) in [5, 5.41) is 15.2. The van der Waals surface area contributed by atoms with E-state index >= 15 is 0 Å². The first-order valence-electron chi connectivity index (χ1n) is 9.20. The van der Waals surface area contributed by atoms with Crippen LogP contribution in [0.1, 0.15) is 17.6 Å². The van der Waals surface area contributed by atoms with Gasteiger partial charge >= 0.3 is 0 Å². The summed E-state index contributed by atoms with van der Waals surface area (Å²) in [5.74, 6) is -0.135. The van der Waals surface area contributed by atoms with Gasteiger partial charge in [-0.3, -0.25) is 9.69 Å². The van der Waals surface area contributed by atoms with Crippen molar-refractivity contribution in [2.45, 2.75) is 6.92 Å². The normalized spacial score (nSPS) is 11.2. The van der Waals surface area contributed by atoms with Crippen LogP contribution >= 0.6 is 34.3 Å². The summed E-state index contributed by atoms with van der Waals surface area (Å²) in [4.78, 5) is 22.9. The molecule has 2 heterocycles. The second-order valence-electron chi connectivity index (χ2n) is 6.46. The molecule has 5 nitrogen and oxygen atoms in total. The Bertz CT molecular complexity index is 1290. The zero-order chi connectivity index (χ0) is 21.8. The van der Waals surface area contributed by atoms with E-state index in [4.69, 9.17) is 11.6 Å². The molecule has 0 saturated heterocycles. The number of allylic oxidation sites excluding steroid dienone is 1. The third-order valence-corrected chi connectivity index (χ3v) is 6.29. The zero-order valence-corrected chi connectivity index (χ0v) is 18.7. The number of aromatic nitrogens is 2. The maximum atomic E-state index is 12.2. The van der Waals surface area contributed by atoms with E-state index < -0.39 is 0 Å². The first-order chi connectivity index (χ1) is 15.0. The molecule has 0 fully saturated rings. The number of rotatable bonds is 5. The molecule has 0 radical (unpaired) electrons. The van der Waals surface area contributed by atoms with Crippen LogP contribution in [0.3, 0.4) is 0 Å². The highest BCUT2D eigenvalue weighted by Gasteiger charge is 2.18. The van der Waals surface area contributed by atoms with Crippen LogP contribution in [0.2, 0.25) is 5.02 Å². The number of halogens is 1. The number of thiazole rings is 2. The average molecular weight is 463 g/mol. The van der Waals surface area contributed by atoms with Crippen LogP contribution in [-0.4, -0.2) is 15.9 Å². The highest BCUT2D eigenvalue weighted by atomic mass is 35.5. The Balaban J connectivity index is 1.62. The minimum atomic E-state index is -0.135. The molecule has 152 valence electrons. The number of nitrogens with zero attached hydrogens (tertiary/aromatic N) is 4. The van der Waals surface area contributed by atoms with Crippen LogP contribution < -0.4 is 4.90 Å². The molecule has 4 aromatic rings. The van der Waals surface area contributed by atoms with Gasteiger partial charge in [-0.15, -0.1) is 22.7 Å². The van der Waals surface area contributed by atoms with Crippen LogP contribution in [-0.2, 0) is 4.79 Å². The molecule has 4 rings (SSSR count). The highest BCUT2D eigenvalue weighted by Crippen LogP contribution is 2.31. The van der Waals surface area contributed by atoms with Crippen LogP contribution in [0.15, 0.2) is 65.4 Å². The van der Waals surface area contributed by atoms with Crippen LogP contribution in [0.25, 0.3) is 22.9 Å². The van der Waals surface area contributed by atoms with Crippen molar-refractivity contribution in [1.29, 1.82) is 5.26 Å². The smallest absolute Gasteiger partial charge is 0.230 e. The zero-order valence-electron chi connectivity index (χ0n) is 16.3. The van der Waals surface area contributed by atoms with Gasteiger partial charge in [-0.05, 0) is 30.3 Å². The number of anilines is 2. The molecule has 0 N–H and O–H groups in total. The largest absolute Gasteiger partial charge is 0.274 e. The highest BCUT2D eigenvalue weighted by molar-refractivity contribution is 7.14. The molecule has 31 heavy (non-hydrogen) atoms. The molecular formula is C23H15ClN4OS2. The monoisotopic (exact) mass is 462 g/mol. The summed E-state index contributed by atoms with van der Waals surface area (Å²) in [7, 11) is 0. The van der Waals surface area contributed by atoms with Crippen LogP contribution in [0.4, 0.5) is 10.8 Å². The fraction of sp³-hybridized carbons (Fsp3) is 0.0435. The maximum absolute atomic E-state index is 12.2. The Kier molecular flexibility index (Phi) is 6.23. The Morgan fingerprint density at radius 3 is 2.48 bits per heavy atom. The number of para-hydroxylation sites is 1. The summed E-state index contributed by atoms with van der Waals surface area (Å²) in [5.41, 5.74) is 3.47. The van der Waals surface area contributed by atoms with Crippen LogP contribution in [0, 0.1) is 11.3 Å². The SMILES string of the molecule is CC(=O)N(c1ccccc1)c1nc(/C=C(\C#N)c2nc(-c3ccc(Cl)cc3)cs2)cs1. The fourth-order valence-corrected chi connectivity index (χ4v) is 4.65. The van der Waals surface area contributed by atoms with Crippen molar-refractivity contribution in [3.8, 4) is 17.3 Å². The van der Waals surface area contributed by atoms with Gasteiger partial charge in [0.1, 0.15) is 11.1 Å². The molecule has 0 bridgehead atoms. The molecule has 0 aliphatic carbocycles. The van der Waals surface area contributed by atoms with Gasteiger partial charge in [0.05, 0.1) is 22.6 Å². The predicted octanol–water partition coefficient (Wildman–Crippen LogP) is 6.67. The average Bonchev–Trinajstić information content (AvgIpc) is 3.43. The third kappa shape index (κ3) is 4.72. The predicted molar refractivity (Wildman–Crippen MR) is 127 cm³/mol. The summed E-state index contributed by atoms with van der Waals surface area (Å²) < 4.78 is 0. The van der Waals surface area contributed by atoms with Gasteiger partial charge in [0.2, 0.25) is 5.91 Å². The minimum absolute atomic E-state index is 0.135. The first kappa shape index (κ1) is 20.9. The molecule has 8 heteroatoms. The van der Waals surface area contributed by atoms with Gasteiger partial charge in [-0.25, -0.2) is 9.97 Å². The van der Waals surface area contributed by atoms with Gasteiger partial charge in [-0.2, -0.15) is 5.26 Å². The lowest BCUT2D eigenvalue weighted by Gasteiger charge is -2.17. The number of carbonyl (C=O) groups excluding carboxylic acids is 1. The Hall–Kier alpha value is -3.31. The van der Waals surface area contributed by atoms with Crippen LogP contribution in [0.5, 0.6) is 0 Å². The fourth-order valence-electron chi connectivity index (χ4n) is 2.89. The van der Waals surface area contributed by atoms with Gasteiger partial charge in [0.15, 0.2) is 5.13 Å². The molecule has 1 amide bonds. The molecule has 0 unspecified atom stereocenters. The quantitative estimate of drug-likeness (QED) is 0.310. The van der Waals surface area contributed by atoms with E-state index in [2.05, 4.69) is 16.0 Å². The van der Waals surface area contributed by atoms with Crippen molar-refractivity contribution >= 4 is 62.6 Å².